The molecule has 1 aliphatic carbocycles. The number of hydrogen-bond acceptors (Lipinski definition) is 2. The highest BCUT2D eigenvalue weighted by molar-refractivity contribution is 9.11. The summed E-state index contributed by atoms with van der Waals surface area (Å²) in [7, 11) is 0. The Hall–Kier alpha value is -0.550. The van der Waals surface area contributed by atoms with E-state index < -0.39 is 0 Å². The Kier molecular flexibility index (Phi) is 4.09. The number of amides is 1. The summed E-state index contributed by atoms with van der Waals surface area (Å²) in [5.74, 6) is 0.0550. The Morgan fingerprint density at radius 3 is 2.76 bits per heavy atom. The van der Waals surface area contributed by atoms with Crippen LogP contribution in [0.15, 0.2) is 27.1 Å². The molecule has 1 aliphatic rings. The summed E-state index contributed by atoms with van der Waals surface area (Å²) in [4.78, 5) is 11.8. The van der Waals surface area contributed by atoms with Crippen molar-refractivity contribution in [3.05, 3.63) is 27.1 Å². The highest BCUT2D eigenvalue weighted by atomic mass is 79.9. The van der Waals surface area contributed by atoms with Crippen LogP contribution in [0, 0.1) is 0 Å². The molecule has 1 atom stereocenters. The van der Waals surface area contributed by atoms with E-state index in [9.17, 15) is 4.79 Å². The van der Waals surface area contributed by atoms with Crippen molar-refractivity contribution in [2.75, 3.05) is 5.32 Å². The van der Waals surface area contributed by atoms with Gasteiger partial charge in [0.1, 0.15) is 6.04 Å². The third-order valence-corrected chi connectivity index (χ3v) is 3.80. The van der Waals surface area contributed by atoms with Crippen molar-refractivity contribution in [1.29, 1.82) is 0 Å². The first kappa shape index (κ1) is 12.9. The van der Waals surface area contributed by atoms with Crippen LogP contribution in [0.2, 0.25) is 0 Å². The van der Waals surface area contributed by atoms with Gasteiger partial charge in [0.15, 0.2) is 0 Å². The van der Waals surface area contributed by atoms with E-state index in [4.69, 9.17) is 0 Å². The van der Waals surface area contributed by atoms with Crippen LogP contribution in [0.4, 0.5) is 5.69 Å². The molecule has 0 heterocycles. The Balaban J connectivity index is 1.98. The molecule has 92 valence electrons. The third kappa shape index (κ3) is 3.71. The van der Waals surface area contributed by atoms with Gasteiger partial charge in [0.05, 0.1) is 5.69 Å². The van der Waals surface area contributed by atoms with Gasteiger partial charge in [-0.15, -0.1) is 0 Å². The lowest BCUT2D eigenvalue weighted by molar-refractivity contribution is -0.121. The van der Waals surface area contributed by atoms with Gasteiger partial charge in [0, 0.05) is 15.0 Å². The average molecular weight is 362 g/mol. The summed E-state index contributed by atoms with van der Waals surface area (Å²) in [6.45, 7) is 1.87. The highest BCUT2D eigenvalue weighted by Gasteiger charge is 2.25. The van der Waals surface area contributed by atoms with E-state index in [0.717, 1.165) is 27.5 Å². The van der Waals surface area contributed by atoms with Crippen LogP contribution >= 0.6 is 31.9 Å². The van der Waals surface area contributed by atoms with Crippen molar-refractivity contribution in [2.45, 2.75) is 31.8 Å². The number of nitrogens with one attached hydrogen (secondary N) is 2. The Morgan fingerprint density at radius 2 is 2.12 bits per heavy atom. The van der Waals surface area contributed by atoms with Crippen LogP contribution < -0.4 is 10.6 Å². The minimum absolute atomic E-state index is 0.0550. The molecule has 5 heteroatoms. The second-order valence-electron chi connectivity index (χ2n) is 4.27. The van der Waals surface area contributed by atoms with Gasteiger partial charge in [-0.3, -0.25) is 4.79 Å². The largest absolute Gasteiger partial charge is 0.373 e. The van der Waals surface area contributed by atoms with Crippen LogP contribution in [0.25, 0.3) is 0 Å². The molecule has 1 aromatic rings. The van der Waals surface area contributed by atoms with Crippen molar-refractivity contribution >= 4 is 43.5 Å². The van der Waals surface area contributed by atoms with E-state index >= 15 is 0 Å². The molecule has 3 nitrogen and oxygen atoms in total. The van der Waals surface area contributed by atoms with E-state index in [0.29, 0.717) is 6.04 Å². The summed E-state index contributed by atoms with van der Waals surface area (Å²) < 4.78 is 1.93. The number of carbonyl (C=O) groups excluding carboxylic acids is 1. The maximum absolute atomic E-state index is 11.8. The second-order valence-corrected chi connectivity index (χ2v) is 6.04. The van der Waals surface area contributed by atoms with Crippen molar-refractivity contribution < 1.29 is 4.79 Å². The van der Waals surface area contributed by atoms with Crippen LogP contribution in [0.1, 0.15) is 19.8 Å². The molecule has 0 radical (unpaired) electrons. The lowest BCUT2D eigenvalue weighted by atomic mass is 10.2. The normalized spacial score (nSPS) is 16.4. The van der Waals surface area contributed by atoms with Gasteiger partial charge in [0.2, 0.25) is 5.91 Å². The fraction of sp³-hybridized carbons (Fsp3) is 0.417. The van der Waals surface area contributed by atoms with Gasteiger partial charge in [-0.2, -0.15) is 0 Å². The molecule has 0 aromatic heterocycles. The molecule has 1 unspecified atom stereocenters. The van der Waals surface area contributed by atoms with E-state index in [1.54, 1.807) is 0 Å². The van der Waals surface area contributed by atoms with Crippen molar-refractivity contribution in [2.24, 2.45) is 0 Å². The Labute approximate surface area is 118 Å². The standard InChI is InChI=1S/C12H14Br2N2O/c1-7(12(17)16-9-3-4-9)15-11-6-8(13)2-5-10(11)14/h2,5-7,9,15H,3-4H2,1H3,(H,16,17). The van der Waals surface area contributed by atoms with Gasteiger partial charge in [-0.25, -0.2) is 0 Å². The van der Waals surface area contributed by atoms with Crippen molar-refractivity contribution in [3.63, 3.8) is 0 Å². The monoisotopic (exact) mass is 360 g/mol. The summed E-state index contributed by atoms with van der Waals surface area (Å²) in [6, 6.07) is 6.01. The number of hydrogen-bond donors (Lipinski definition) is 2. The van der Waals surface area contributed by atoms with Crippen LogP contribution in [0.3, 0.4) is 0 Å². The number of rotatable bonds is 4. The first-order valence-electron chi connectivity index (χ1n) is 5.58. The zero-order valence-electron chi connectivity index (χ0n) is 9.47. The highest BCUT2D eigenvalue weighted by Crippen LogP contribution is 2.27. The zero-order valence-corrected chi connectivity index (χ0v) is 12.6. The van der Waals surface area contributed by atoms with Crippen LogP contribution in [0.5, 0.6) is 0 Å². The molecular formula is C12H14Br2N2O. The van der Waals surface area contributed by atoms with Gasteiger partial charge >= 0.3 is 0 Å². The molecule has 17 heavy (non-hydrogen) atoms. The summed E-state index contributed by atoms with van der Waals surface area (Å²) in [5, 5.41) is 6.17. The van der Waals surface area contributed by atoms with Gasteiger partial charge < -0.3 is 10.6 Å². The molecule has 2 N–H and O–H groups in total. The van der Waals surface area contributed by atoms with Crippen molar-refractivity contribution in [1.82, 2.24) is 5.32 Å². The number of halogens is 2. The number of carbonyl (C=O) groups is 1. The third-order valence-electron chi connectivity index (χ3n) is 2.62. The van der Waals surface area contributed by atoms with Gasteiger partial charge in [-0.1, -0.05) is 15.9 Å². The quantitative estimate of drug-likeness (QED) is 0.863. The molecule has 0 aliphatic heterocycles. The topological polar surface area (TPSA) is 41.1 Å². The zero-order chi connectivity index (χ0) is 12.4. The van der Waals surface area contributed by atoms with E-state index in [2.05, 4.69) is 42.5 Å². The van der Waals surface area contributed by atoms with E-state index in [-0.39, 0.29) is 11.9 Å². The molecule has 0 spiro atoms. The molecule has 0 saturated heterocycles. The van der Waals surface area contributed by atoms with Crippen molar-refractivity contribution in [3.8, 4) is 0 Å². The molecule has 1 fully saturated rings. The Morgan fingerprint density at radius 1 is 1.41 bits per heavy atom. The summed E-state index contributed by atoms with van der Waals surface area (Å²) >= 11 is 6.87. The smallest absolute Gasteiger partial charge is 0.242 e. The van der Waals surface area contributed by atoms with Crippen LogP contribution in [-0.4, -0.2) is 18.0 Å². The van der Waals surface area contributed by atoms with Gasteiger partial charge in [-0.05, 0) is 53.9 Å². The minimum Gasteiger partial charge on any atom is -0.373 e. The molecule has 1 aromatic carbocycles. The first-order valence-corrected chi connectivity index (χ1v) is 7.17. The molecule has 0 bridgehead atoms. The predicted octanol–water partition coefficient (Wildman–Crippen LogP) is 3.29. The average Bonchev–Trinajstić information content (AvgIpc) is 3.07. The molecular weight excluding hydrogens is 348 g/mol. The number of benzene rings is 1. The minimum atomic E-state index is -0.235. The lowest BCUT2D eigenvalue weighted by Gasteiger charge is -2.16. The van der Waals surface area contributed by atoms with E-state index in [1.165, 1.54) is 0 Å². The molecule has 1 amide bonds. The molecule has 2 rings (SSSR count). The van der Waals surface area contributed by atoms with Gasteiger partial charge in [0.25, 0.3) is 0 Å². The predicted molar refractivity (Wildman–Crippen MR) is 76.1 cm³/mol. The second kappa shape index (κ2) is 5.40. The fourth-order valence-electron chi connectivity index (χ4n) is 1.46. The maximum Gasteiger partial charge on any atom is 0.242 e. The van der Waals surface area contributed by atoms with E-state index in [1.807, 2.05) is 25.1 Å². The SMILES string of the molecule is CC(Nc1cc(Br)ccc1Br)C(=O)NC1CC1. The summed E-state index contributed by atoms with van der Waals surface area (Å²) in [6.07, 6.45) is 2.22. The molecule has 1 saturated carbocycles. The van der Waals surface area contributed by atoms with Crippen LogP contribution in [-0.2, 0) is 4.79 Å². The Bertz CT molecular complexity index is 433. The summed E-state index contributed by atoms with van der Waals surface area (Å²) in [5.41, 5.74) is 0.915. The fourth-order valence-corrected chi connectivity index (χ4v) is 2.18. The first-order chi connectivity index (χ1) is 8.06. The number of anilines is 1. The lowest BCUT2D eigenvalue weighted by Crippen LogP contribution is -2.38. The maximum atomic E-state index is 11.8.